The number of hydrogen-bond acceptors (Lipinski definition) is 4. The van der Waals surface area contributed by atoms with Gasteiger partial charge in [-0.25, -0.2) is 4.79 Å². The lowest BCUT2D eigenvalue weighted by Gasteiger charge is -2.44. The van der Waals surface area contributed by atoms with Crippen molar-refractivity contribution < 1.29 is 19.1 Å². The second-order valence-electron chi connectivity index (χ2n) is 11.4. The normalized spacial score (nSPS) is 17.2. The van der Waals surface area contributed by atoms with E-state index in [2.05, 4.69) is 17.6 Å². The molecule has 2 N–H and O–H groups in total. The van der Waals surface area contributed by atoms with Crippen LogP contribution in [-0.4, -0.2) is 46.5 Å². The number of carbonyl (C=O) groups is 3. The Labute approximate surface area is 217 Å². The fourth-order valence-electron chi connectivity index (χ4n) is 4.57. The molecule has 4 unspecified atom stereocenters. The molecule has 0 bridgehead atoms. The minimum atomic E-state index is -0.793. The molecule has 0 heterocycles. The zero-order chi connectivity index (χ0) is 27.0. The van der Waals surface area contributed by atoms with Crippen molar-refractivity contribution in [1.82, 2.24) is 15.5 Å². The molecule has 0 spiro atoms. The molecule has 1 aromatic rings. The molecule has 0 radical (unpaired) electrons. The van der Waals surface area contributed by atoms with E-state index >= 15 is 0 Å². The lowest BCUT2D eigenvalue weighted by atomic mass is 9.86. The highest BCUT2D eigenvalue weighted by Gasteiger charge is 2.43. The van der Waals surface area contributed by atoms with Crippen molar-refractivity contribution in [2.75, 3.05) is 0 Å². The average molecular weight is 502 g/mol. The summed E-state index contributed by atoms with van der Waals surface area (Å²) in [6, 6.07) is 6.19. The van der Waals surface area contributed by atoms with Gasteiger partial charge >= 0.3 is 6.09 Å². The van der Waals surface area contributed by atoms with Crippen LogP contribution in [0, 0.1) is 12.8 Å². The molecule has 4 atom stereocenters. The first-order valence-corrected chi connectivity index (χ1v) is 13.6. The molecule has 7 nitrogen and oxygen atoms in total. The molecule has 202 valence electrons. The number of amides is 3. The molecule has 2 rings (SSSR count). The molecule has 0 aromatic heterocycles. The molecule has 1 saturated carbocycles. The molecule has 0 saturated heterocycles. The van der Waals surface area contributed by atoms with Crippen molar-refractivity contribution in [2.45, 2.75) is 124 Å². The van der Waals surface area contributed by atoms with E-state index < -0.39 is 23.8 Å². The smallest absolute Gasteiger partial charge is 0.408 e. The van der Waals surface area contributed by atoms with Gasteiger partial charge in [-0.05, 0) is 71.8 Å². The number of benzene rings is 1. The summed E-state index contributed by atoms with van der Waals surface area (Å²) in [7, 11) is 0. The van der Waals surface area contributed by atoms with Crippen molar-refractivity contribution in [3.8, 4) is 0 Å². The maximum absolute atomic E-state index is 14.3. The standard InChI is InChI=1S/C29H47N3O4/c1-9-13-21(5)30-26(33)25(22-15-11-14-19(3)18-22)32(23-16-12-17-23)27(34)24(20(4)10-2)31-28(35)36-29(6,7)8/h11,14-15,18,20-21,23-25H,9-10,12-13,16-17H2,1-8H3,(H,30,33)(H,31,35). The molecule has 3 amide bonds. The Morgan fingerprint density at radius 1 is 1.11 bits per heavy atom. The van der Waals surface area contributed by atoms with E-state index in [0.29, 0.717) is 6.42 Å². The second kappa shape index (κ2) is 13.1. The Morgan fingerprint density at radius 3 is 2.28 bits per heavy atom. The Hall–Kier alpha value is -2.57. The Morgan fingerprint density at radius 2 is 1.78 bits per heavy atom. The molecular formula is C29H47N3O4. The van der Waals surface area contributed by atoms with E-state index in [0.717, 1.165) is 43.2 Å². The van der Waals surface area contributed by atoms with Gasteiger partial charge in [0, 0.05) is 12.1 Å². The summed E-state index contributed by atoms with van der Waals surface area (Å²) < 4.78 is 5.48. The van der Waals surface area contributed by atoms with Crippen molar-refractivity contribution in [3.63, 3.8) is 0 Å². The van der Waals surface area contributed by atoms with Crippen LogP contribution < -0.4 is 10.6 Å². The van der Waals surface area contributed by atoms with E-state index in [1.54, 1.807) is 25.7 Å². The number of alkyl carbamates (subject to hydrolysis) is 1. The second-order valence-corrected chi connectivity index (χ2v) is 11.4. The van der Waals surface area contributed by atoms with Gasteiger partial charge in [-0.1, -0.05) is 63.4 Å². The van der Waals surface area contributed by atoms with Crippen LogP contribution in [0.5, 0.6) is 0 Å². The topological polar surface area (TPSA) is 87.7 Å². The van der Waals surface area contributed by atoms with E-state index in [1.165, 1.54) is 0 Å². The molecule has 7 heteroatoms. The van der Waals surface area contributed by atoms with Crippen molar-refractivity contribution in [3.05, 3.63) is 35.4 Å². The number of ether oxygens (including phenoxy) is 1. The third kappa shape index (κ3) is 8.24. The first kappa shape index (κ1) is 29.7. The van der Waals surface area contributed by atoms with E-state index in [-0.39, 0.29) is 29.8 Å². The van der Waals surface area contributed by atoms with Crippen molar-refractivity contribution in [1.29, 1.82) is 0 Å². The van der Waals surface area contributed by atoms with Crippen LogP contribution in [0.3, 0.4) is 0 Å². The number of aryl methyl sites for hydroxylation is 1. The molecular weight excluding hydrogens is 454 g/mol. The van der Waals surface area contributed by atoms with E-state index in [1.807, 2.05) is 52.0 Å². The molecule has 36 heavy (non-hydrogen) atoms. The van der Waals surface area contributed by atoms with Crippen molar-refractivity contribution >= 4 is 17.9 Å². The third-order valence-electron chi connectivity index (χ3n) is 6.87. The predicted octanol–water partition coefficient (Wildman–Crippen LogP) is 5.66. The molecule has 1 fully saturated rings. The predicted molar refractivity (Wildman–Crippen MR) is 144 cm³/mol. The molecule has 1 aliphatic carbocycles. The largest absolute Gasteiger partial charge is 0.444 e. The SMILES string of the molecule is CCCC(C)NC(=O)C(c1cccc(C)c1)N(C(=O)C(NC(=O)OC(C)(C)C)C(C)CC)C1CCC1. The average Bonchev–Trinajstić information content (AvgIpc) is 2.73. The van der Waals surface area contributed by atoms with Crippen LogP contribution >= 0.6 is 0 Å². The van der Waals surface area contributed by atoms with Gasteiger partial charge in [0.25, 0.3) is 0 Å². The lowest BCUT2D eigenvalue weighted by Crippen LogP contribution is -2.59. The Kier molecular flexibility index (Phi) is 10.8. The Bertz CT molecular complexity index is 891. The summed E-state index contributed by atoms with van der Waals surface area (Å²) in [6.07, 6.45) is 4.58. The van der Waals surface area contributed by atoms with E-state index in [9.17, 15) is 14.4 Å². The summed E-state index contributed by atoms with van der Waals surface area (Å²) in [5.41, 5.74) is 1.13. The summed E-state index contributed by atoms with van der Waals surface area (Å²) in [5, 5.41) is 5.99. The number of carbonyl (C=O) groups excluding carboxylic acids is 3. The van der Waals surface area contributed by atoms with Gasteiger partial charge in [0.2, 0.25) is 11.8 Å². The van der Waals surface area contributed by atoms with Gasteiger partial charge in [-0.15, -0.1) is 0 Å². The zero-order valence-corrected chi connectivity index (χ0v) is 23.5. The Balaban J connectivity index is 2.50. The number of rotatable bonds is 11. The van der Waals surface area contributed by atoms with Gasteiger partial charge < -0.3 is 20.3 Å². The van der Waals surface area contributed by atoms with Crippen molar-refractivity contribution in [2.24, 2.45) is 5.92 Å². The lowest BCUT2D eigenvalue weighted by molar-refractivity contribution is -0.148. The summed E-state index contributed by atoms with van der Waals surface area (Å²) >= 11 is 0. The van der Waals surface area contributed by atoms with Crippen LogP contribution in [0.1, 0.15) is 104 Å². The van der Waals surface area contributed by atoms with Gasteiger partial charge in [-0.2, -0.15) is 0 Å². The number of nitrogens with zero attached hydrogens (tertiary/aromatic N) is 1. The minimum absolute atomic E-state index is 0.00148. The quantitative estimate of drug-likeness (QED) is 0.409. The monoisotopic (exact) mass is 501 g/mol. The summed E-state index contributed by atoms with van der Waals surface area (Å²) in [6.45, 7) is 15.4. The highest BCUT2D eigenvalue weighted by molar-refractivity contribution is 5.92. The molecule has 1 aliphatic rings. The minimum Gasteiger partial charge on any atom is -0.444 e. The maximum atomic E-state index is 14.3. The zero-order valence-electron chi connectivity index (χ0n) is 23.5. The number of nitrogens with one attached hydrogen (secondary N) is 2. The van der Waals surface area contributed by atoms with Crippen LogP contribution in [0.15, 0.2) is 24.3 Å². The first-order chi connectivity index (χ1) is 16.9. The molecule has 0 aliphatic heterocycles. The highest BCUT2D eigenvalue weighted by atomic mass is 16.6. The summed E-state index contributed by atoms with van der Waals surface area (Å²) in [5.74, 6) is -0.542. The van der Waals surface area contributed by atoms with Gasteiger partial charge in [0.15, 0.2) is 0 Å². The first-order valence-electron chi connectivity index (χ1n) is 13.6. The van der Waals surface area contributed by atoms with Crippen LogP contribution in [0.2, 0.25) is 0 Å². The molecule has 1 aromatic carbocycles. The third-order valence-corrected chi connectivity index (χ3v) is 6.87. The fraction of sp³-hybridized carbons (Fsp3) is 0.690. The van der Waals surface area contributed by atoms with Gasteiger partial charge in [0.1, 0.15) is 17.7 Å². The maximum Gasteiger partial charge on any atom is 0.408 e. The van der Waals surface area contributed by atoms with Crippen LogP contribution in [0.25, 0.3) is 0 Å². The fourth-order valence-corrected chi connectivity index (χ4v) is 4.57. The van der Waals surface area contributed by atoms with E-state index in [4.69, 9.17) is 4.74 Å². The van der Waals surface area contributed by atoms with Gasteiger partial charge in [0.05, 0.1) is 0 Å². The van der Waals surface area contributed by atoms with Crippen LogP contribution in [0.4, 0.5) is 4.79 Å². The highest BCUT2D eigenvalue weighted by Crippen LogP contribution is 2.35. The summed E-state index contributed by atoms with van der Waals surface area (Å²) in [4.78, 5) is 42.5. The van der Waals surface area contributed by atoms with Crippen LogP contribution in [-0.2, 0) is 14.3 Å². The van der Waals surface area contributed by atoms with Gasteiger partial charge in [-0.3, -0.25) is 9.59 Å². The number of hydrogen-bond donors (Lipinski definition) is 2.